The van der Waals surface area contributed by atoms with Crippen LogP contribution in [0.3, 0.4) is 0 Å². The van der Waals surface area contributed by atoms with Gasteiger partial charge in [0.2, 0.25) is 10.0 Å². The van der Waals surface area contributed by atoms with Crippen LogP contribution in [0, 0.1) is 17.6 Å². The maximum Gasteiger partial charge on any atom is 0.241 e. The van der Waals surface area contributed by atoms with Crippen LogP contribution >= 0.6 is 0 Å². The lowest BCUT2D eigenvalue weighted by molar-refractivity contribution is -0.120. The fraction of sp³-hybridized carbons (Fsp3) is 0.364. The molecule has 7 heteroatoms. The van der Waals surface area contributed by atoms with Crippen LogP contribution in [0.15, 0.2) is 23.1 Å². The van der Waals surface area contributed by atoms with E-state index in [1.54, 1.807) is 13.8 Å². The van der Waals surface area contributed by atoms with E-state index >= 15 is 0 Å². The van der Waals surface area contributed by atoms with E-state index < -0.39 is 26.6 Å². The monoisotopic (exact) mass is 277 g/mol. The van der Waals surface area contributed by atoms with Gasteiger partial charge in [0.15, 0.2) is 11.6 Å². The molecule has 1 aromatic rings. The largest absolute Gasteiger partial charge is 0.298 e. The van der Waals surface area contributed by atoms with Crippen molar-refractivity contribution in [1.29, 1.82) is 0 Å². The Morgan fingerprint density at radius 3 is 2.39 bits per heavy atom. The molecule has 18 heavy (non-hydrogen) atoms. The Balaban J connectivity index is 2.87. The van der Waals surface area contributed by atoms with Gasteiger partial charge in [0.05, 0.1) is 11.4 Å². The van der Waals surface area contributed by atoms with Gasteiger partial charge in [-0.05, 0) is 18.2 Å². The number of hydrogen-bond donors (Lipinski definition) is 1. The van der Waals surface area contributed by atoms with Crippen molar-refractivity contribution in [3.8, 4) is 0 Å². The van der Waals surface area contributed by atoms with Gasteiger partial charge >= 0.3 is 0 Å². The molecule has 0 atom stereocenters. The van der Waals surface area contributed by atoms with E-state index in [1.165, 1.54) is 0 Å². The Morgan fingerprint density at radius 1 is 1.28 bits per heavy atom. The highest BCUT2D eigenvalue weighted by Gasteiger charge is 2.18. The topological polar surface area (TPSA) is 63.2 Å². The van der Waals surface area contributed by atoms with Crippen molar-refractivity contribution in [3.05, 3.63) is 29.8 Å². The van der Waals surface area contributed by atoms with Gasteiger partial charge in [-0.15, -0.1) is 0 Å². The fourth-order valence-corrected chi connectivity index (χ4v) is 2.10. The SMILES string of the molecule is CC(C)C(=O)CNS(=O)(=O)c1ccc(F)c(F)c1. The summed E-state index contributed by atoms with van der Waals surface area (Å²) in [5.41, 5.74) is 0. The zero-order valence-electron chi connectivity index (χ0n) is 9.91. The number of sulfonamides is 1. The summed E-state index contributed by atoms with van der Waals surface area (Å²) < 4.78 is 50.9. The lowest BCUT2D eigenvalue weighted by Crippen LogP contribution is -2.31. The van der Waals surface area contributed by atoms with Gasteiger partial charge in [-0.3, -0.25) is 4.79 Å². The number of ketones is 1. The minimum Gasteiger partial charge on any atom is -0.298 e. The van der Waals surface area contributed by atoms with Gasteiger partial charge in [0.25, 0.3) is 0 Å². The number of rotatable bonds is 5. The number of carbonyl (C=O) groups excluding carboxylic acids is 1. The Kier molecular flexibility index (Phi) is 4.53. The fourth-order valence-electron chi connectivity index (χ4n) is 1.10. The predicted octanol–water partition coefficient (Wildman–Crippen LogP) is 1.47. The van der Waals surface area contributed by atoms with E-state index in [0.29, 0.717) is 12.1 Å². The first kappa shape index (κ1) is 14.7. The molecule has 0 radical (unpaired) electrons. The zero-order valence-corrected chi connectivity index (χ0v) is 10.7. The minimum absolute atomic E-state index is 0.291. The van der Waals surface area contributed by atoms with Gasteiger partial charge in [-0.2, -0.15) is 0 Å². The predicted molar refractivity (Wildman–Crippen MR) is 61.4 cm³/mol. The highest BCUT2D eigenvalue weighted by molar-refractivity contribution is 7.89. The van der Waals surface area contributed by atoms with Gasteiger partial charge in [0.1, 0.15) is 5.78 Å². The third-order valence-corrected chi connectivity index (χ3v) is 3.68. The molecule has 1 aromatic carbocycles. The number of halogens is 2. The van der Waals surface area contributed by atoms with Crippen LogP contribution in [0.4, 0.5) is 8.78 Å². The lowest BCUT2D eigenvalue weighted by atomic mass is 10.1. The normalized spacial score (nSPS) is 11.8. The van der Waals surface area contributed by atoms with Crippen LogP contribution in [-0.4, -0.2) is 20.7 Å². The molecule has 0 aliphatic carbocycles. The summed E-state index contributed by atoms with van der Waals surface area (Å²) in [5, 5.41) is 0. The lowest BCUT2D eigenvalue weighted by Gasteiger charge is -2.08. The quantitative estimate of drug-likeness (QED) is 0.886. The summed E-state index contributed by atoms with van der Waals surface area (Å²) in [7, 11) is -4.01. The highest BCUT2D eigenvalue weighted by atomic mass is 32.2. The van der Waals surface area contributed by atoms with Gasteiger partial charge in [-0.1, -0.05) is 13.8 Å². The summed E-state index contributed by atoms with van der Waals surface area (Å²) in [6, 6.07) is 2.21. The van der Waals surface area contributed by atoms with Crippen LogP contribution in [0.25, 0.3) is 0 Å². The van der Waals surface area contributed by atoms with E-state index in [9.17, 15) is 22.0 Å². The van der Waals surface area contributed by atoms with Gasteiger partial charge in [-0.25, -0.2) is 21.9 Å². The second-order valence-electron chi connectivity index (χ2n) is 4.02. The van der Waals surface area contributed by atoms with Gasteiger partial charge < -0.3 is 0 Å². The molecule has 0 heterocycles. The molecular weight excluding hydrogens is 264 g/mol. The van der Waals surface area contributed by atoms with E-state index in [4.69, 9.17) is 0 Å². The van der Waals surface area contributed by atoms with Crippen molar-refractivity contribution in [1.82, 2.24) is 4.72 Å². The Hall–Kier alpha value is -1.34. The van der Waals surface area contributed by atoms with Crippen molar-refractivity contribution in [2.24, 2.45) is 5.92 Å². The number of Topliss-reactive ketones (excluding diaryl/α,β-unsaturated/α-hetero) is 1. The molecule has 0 spiro atoms. The average molecular weight is 277 g/mol. The molecule has 100 valence electrons. The third-order valence-electron chi connectivity index (χ3n) is 2.28. The summed E-state index contributed by atoms with van der Waals surface area (Å²) in [5.74, 6) is -2.99. The van der Waals surface area contributed by atoms with Crippen LogP contribution < -0.4 is 4.72 Å². The maximum atomic E-state index is 12.9. The molecular formula is C11H13F2NO3S. The third kappa shape index (κ3) is 3.58. The zero-order chi connectivity index (χ0) is 13.9. The summed E-state index contributed by atoms with van der Waals surface area (Å²) in [6.07, 6.45) is 0. The Labute approximate surface area is 104 Å². The van der Waals surface area contributed by atoms with Crippen LogP contribution in [0.2, 0.25) is 0 Å². The molecule has 0 saturated heterocycles. The molecule has 0 unspecified atom stereocenters. The van der Waals surface area contributed by atoms with Crippen molar-refractivity contribution >= 4 is 15.8 Å². The van der Waals surface area contributed by atoms with Crippen LogP contribution in [0.1, 0.15) is 13.8 Å². The molecule has 1 N–H and O–H groups in total. The second kappa shape index (κ2) is 5.53. The summed E-state index contributed by atoms with van der Waals surface area (Å²) in [4.78, 5) is 10.9. The first-order valence-corrected chi connectivity index (χ1v) is 6.70. The standard InChI is InChI=1S/C11H13F2NO3S/c1-7(2)11(15)6-14-18(16,17)8-3-4-9(12)10(13)5-8/h3-5,7,14H,6H2,1-2H3. The summed E-state index contributed by atoms with van der Waals surface area (Å²) >= 11 is 0. The van der Waals surface area contributed by atoms with Crippen molar-refractivity contribution in [2.45, 2.75) is 18.7 Å². The smallest absolute Gasteiger partial charge is 0.241 e. The van der Waals surface area contributed by atoms with E-state index in [2.05, 4.69) is 0 Å². The summed E-state index contributed by atoms with van der Waals surface area (Å²) in [6.45, 7) is 2.89. The molecule has 0 amide bonds. The number of benzene rings is 1. The highest BCUT2D eigenvalue weighted by Crippen LogP contribution is 2.13. The molecule has 0 aliphatic rings. The first-order chi connectivity index (χ1) is 8.24. The molecule has 0 aromatic heterocycles. The van der Waals surface area contributed by atoms with E-state index in [1.807, 2.05) is 4.72 Å². The number of hydrogen-bond acceptors (Lipinski definition) is 3. The molecule has 0 fully saturated rings. The van der Waals surface area contributed by atoms with E-state index in [-0.39, 0.29) is 18.2 Å². The Morgan fingerprint density at radius 2 is 1.89 bits per heavy atom. The number of carbonyl (C=O) groups is 1. The maximum absolute atomic E-state index is 12.9. The van der Waals surface area contributed by atoms with Crippen molar-refractivity contribution in [3.63, 3.8) is 0 Å². The molecule has 4 nitrogen and oxygen atoms in total. The van der Waals surface area contributed by atoms with Crippen molar-refractivity contribution < 1.29 is 22.0 Å². The average Bonchev–Trinajstić information content (AvgIpc) is 2.29. The number of nitrogens with one attached hydrogen (secondary N) is 1. The Bertz CT molecular complexity index is 555. The first-order valence-electron chi connectivity index (χ1n) is 5.21. The van der Waals surface area contributed by atoms with Crippen LogP contribution in [0.5, 0.6) is 0 Å². The molecule has 1 rings (SSSR count). The minimum atomic E-state index is -4.01. The second-order valence-corrected chi connectivity index (χ2v) is 5.79. The van der Waals surface area contributed by atoms with E-state index in [0.717, 1.165) is 6.07 Å². The van der Waals surface area contributed by atoms with Crippen LogP contribution in [-0.2, 0) is 14.8 Å². The van der Waals surface area contributed by atoms with Crippen molar-refractivity contribution in [2.75, 3.05) is 6.54 Å². The molecule has 0 aliphatic heterocycles. The van der Waals surface area contributed by atoms with Gasteiger partial charge in [0, 0.05) is 5.92 Å². The molecule has 0 saturated carbocycles. The molecule has 0 bridgehead atoms.